The molecule has 0 aliphatic carbocycles. The lowest BCUT2D eigenvalue weighted by molar-refractivity contribution is 0.166. The molecule has 3 nitrogen and oxygen atoms in total. The first-order valence-electron chi connectivity index (χ1n) is 6.15. The van der Waals surface area contributed by atoms with Gasteiger partial charge >= 0.3 is 8.56 Å². The normalized spacial score (nSPS) is 14.6. The lowest BCUT2D eigenvalue weighted by atomic mass is 10.2. The third kappa shape index (κ3) is 4.03. The number of hydrogen-bond acceptors (Lipinski definition) is 3. The Balaban J connectivity index is 3.04. The first-order valence-corrected chi connectivity index (χ1v) is 12.0. The SMILES string of the molecule is CO[Si](C)(C)OC(c1ccccc1)[Si](C)(C)OC. The predicted molar refractivity (Wildman–Crippen MR) is 79.3 cm³/mol. The van der Waals surface area contributed by atoms with Gasteiger partial charge in [0, 0.05) is 14.2 Å². The maximum Gasteiger partial charge on any atom is 0.331 e. The predicted octanol–water partition coefficient (Wildman–Crippen LogP) is 3.48. The highest BCUT2D eigenvalue weighted by molar-refractivity contribution is 6.74. The summed E-state index contributed by atoms with van der Waals surface area (Å²) in [5, 5.41) is 0. The monoisotopic (exact) mass is 284 g/mol. The van der Waals surface area contributed by atoms with Crippen LogP contribution in [0.3, 0.4) is 0 Å². The Bertz CT molecular complexity index is 366. The lowest BCUT2D eigenvalue weighted by Crippen LogP contribution is -2.46. The van der Waals surface area contributed by atoms with E-state index in [1.807, 2.05) is 18.2 Å². The second kappa shape index (κ2) is 6.12. The Hall–Kier alpha value is -0.466. The van der Waals surface area contributed by atoms with Crippen LogP contribution >= 0.6 is 0 Å². The third-order valence-electron chi connectivity index (χ3n) is 3.15. The first kappa shape index (κ1) is 15.6. The summed E-state index contributed by atoms with van der Waals surface area (Å²) >= 11 is 0. The van der Waals surface area contributed by atoms with E-state index in [1.54, 1.807) is 14.2 Å². The van der Waals surface area contributed by atoms with Gasteiger partial charge in [-0.25, -0.2) is 0 Å². The molecule has 0 N–H and O–H groups in total. The number of benzene rings is 1. The van der Waals surface area contributed by atoms with Gasteiger partial charge in [0.15, 0.2) is 0 Å². The number of rotatable bonds is 6. The van der Waals surface area contributed by atoms with E-state index >= 15 is 0 Å². The highest BCUT2D eigenvalue weighted by Gasteiger charge is 2.40. The van der Waals surface area contributed by atoms with Gasteiger partial charge in [-0.2, -0.15) is 0 Å². The third-order valence-corrected chi connectivity index (χ3v) is 7.94. The van der Waals surface area contributed by atoms with Gasteiger partial charge in [0.1, 0.15) is 0 Å². The van der Waals surface area contributed by atoms with Crippen LogP contribution in [-0.4, -0.2) is 31.1 Å². The molecule has 18 heavy (non-hydrogen) atoms. The first-order chi connectivity index (χ1) is 8.32. The maximum absolute atomic E-state index is 6.28. The van der Waals surface area contributed by atoms with Gasteiger partial charge in [-0.15, -0.1) is 0 Å². The average molecular weight is 285 g/mol. The summed E-state index contributed by atoms with van der Waals surface area (Å²) < 4.78 is 17.5. The largest absolute Gasteiger partial charge is 0.418 e. The van der Waals surface area contributed by atoms with E-state index in [0.717, 1.165) is 0 Å². The molecule has 0 amide bonds. The Morgan fingerprint density at radius 3 is 1.89 bits per heavy atom. The Kier molecular flexibility index (Phi) is 5.30. The molecule has 1 aromatic rings. The molecule has 102 valence electrons. The van der Waals surface area contributed by atoms with Gasteiger partial charge in [-0.1, -0.05) is 30.3 Å². The zero-order chi connectivity index (χ0) is 13.8. The van der Waals surface area contributed by atoms with Crippen LogP contribution in [0.25, 0.3) is 0 Å². The van der Waals surface area contributed by atoms with Crippen molar-refractivity contribution in [2.24, 2.45) is 0 Å². The van der Waals surface area contributed by atoms with Crippen LogP contribution in [0.15, 0.2) is 30.3 Å². The summed E-state index contributed by atoms with van der Waals surface area (Å²) in [6, 6.07) is 10.3. The van der Waals surface area contributed by atoms with Gasteiger partial charge in [0.25, 0.3) is 0 Å². The van der Waals surface area contributed by atoms with Crippen LogP contribution < -0.4 is 0 Å². The van der Waals surface area contributed by atoms with Gasteiger partial charge in [0.05, 0.1) is 5.73 Å². The Morgan fingerprint density at radius 1 is 0.889 bits per heavy atom. The van der Waals surface area contributed by atoms with Crippen molar-refractivity contribution in [3.8, 4) is 0 Å². The van der Waals surface area contributed by atoms with Crippen LogP contribution in [-0.2, 0) is 13.3 Å². The molecular formula is C13H24O3Si2. The van der Waals surface area contributed by atoms with E-state index in [4.69, 9.17) is 13.3 Å². The average Bonchev–Trinajstić information content (AvgIpc) is 2.37. The van der Waals surface area contributed by atoms with Crippen molar-refractivity contribution in [3.05, 3.63) is 35.9 Å². The molecule has 0 aliphatic rings. The molecule has 0 spiro atoms. The Morgan fingerprint density at radius 2 is 1.44 bits per heavy atom. The molecule has 0 heterocycles. The quantitative estimate of drug-likeness (QED) is 0.749. The molecule has 0 aliphatic heterocycles. The van der Waals surface area contributed by atoms with E-state index in [2.05, 4.69) is 38.3 Å². The summed E-state index contributed by atoms with van der Waals surface area (Å²) in [4.78, 5) is 0. The second-order valence-electron chi connectivity index (χ2n) is 5.32. The highest BCUT2D eigenvalue weighted by atomic mass is 28.4. The molecule has 5 heteroatoms. The topological polar surface area (TPSA) is 27.7 Å². The molecular weight excluding hydrogens is 260 g/mol. The minimum atomic E-state index is -2.09. The molecule has 0 aromatic heterocycles. The van der Waals surface area contributed by atoms with Crippen LogP contribution in [0, 0.1) is 0 Å². The van der Waals surface area contributed by atoms with Crippen molar-refractivity contribution in [2.45, 2.75) is 31.9 Å². The van der Waals surface area contributed by atoms with E-state index in [0.29, 0.717) is 0 Å². The molecule has 0 saturated heterocycles. The molecule has 1 atom stereocenters. The van der Waals surface area contributed by atoms with Crippen LogP contribution in [0.4, 0.5) is 0 Å². The fourth-order valence-corrected chi connectivity index (χ4v) is 5.67. The molecule has 1 rings (SSSR count). The van der Waals surface area contributed by atoms with Crippen LogP contribution in [0.5, 0.6) is 0 Å². The van der Waals surface area contributed by atoms with Gasteiger partial charge < -0.3 is 13.3 Å². The molecule has 0 bridgehead atoms. The van der Waals surface area contributed by atoms with Crippen molar-refractivity contribution in [2.75, 3.05) is 14.2 Å². The van der Waals surface area contributed by atoms with Crippen molar-refractivity contribution < 1.29 is 13.3 Å². The van der Waals surface area contributed by atoms with Crippen molar-refractivity contribution in [1.29, 1.82) is 0 Å². The standard InChI is InChI=1S/C13H24O3Si2/c1-14-17(3,4)13(16-18(5,6)15-2)12-10-8-7-9-11-12/h7-11,13H,1-6H3. The van der Waals surface area contributed by atoms with E-state index in [1.165, 1.54) is 5.56 Å². The zero-order valence-corrected chi connectivity index (χ0v) is 14.2. The molecule has 0 radical (unpaired) electrons. The summed E-state index contributed by atoms with van der Waals surface area (Å²) in [5.41, 5.74) is 1.18. The smallest absolute Gasteiger partial charge is 0.331 e. The summed E-state index contributed by atoms with van der Waals surface area (Å²) in [7, 11) is -0.547. The Labute approximate surface area is 112 Å². The van der Waals surface area contributed by atoms with Gasteiger partial charge in [-0.3, -0.25) is 0 Å². The fraction of sp³-hybridized carbons (Fsp3) is 0.538. The highest BCUT2D eigenvalue weighted by Crippen LogP contribution is 2.31. The minimum Gasteiger partial charge on any atom is -0.418 e. The summed E-state index contributed by atoms with van der Waals surface area (Å²) in [6.07, 6.45) is 0. The summed E-state index contributed by atoms with van der Waals surface area (Å²) in [5.74, 6) is 0. The second-order valence-corrected chi connectivity index (χ2v) is 12.9. The molecule has 1 unspecified atom stereocenters. The summed E-state index contributed by atoms with van der Waals surface area (Å²) in [6.45, 7) is 8.46. The number of hydrogen-bond donors (Lipinski definition) is 0. The van der Waals surface area contributed by atoms with Crippen molar-refractivity contribution in [3.63, 3.8) is 0 Å². The van der Waals surface area contributed by atoms with Gasteiger partial charge in [0.2, 0.25) is 8.32 Å². The van der Waals surface area contributed by atoms with E-state index in [9.17, 15) is 0 Å². The van der Waals surface area contributed by atoms with Crippen molar-refractivity contribution >= 4 is 16.9 Å². The van der Waals surface area contributed by atoms with Gasteiger partial charge in [-0.05, 0) is 31.8 Å². The van der Waals surface area contributed by atoms with Crippen molar-refractivity contribution in [1.82, 2.24) is 0 Å². The van der Waals surface area contributed by atoms with E-state index in [-0.39, 0.29) is 5.73 Å². The molecule has 0 saturated carbocycles. The van der Waals surface area contributed by atoms with Crippen LogP contribution in [0.1, 0.15) is 11.3 Å². The molecule has 0 fully saturated rings. The van der Waals surface area contributed by atoms with E-state index < -0.39 is 16.9 Å². The lowest BCUT2D eigenvalue weighted by Gasteiger charge is -2.36. The van der Waals surface area contributed by atoms with Crippen LogP contribution in [0.2, 0.25) is 26.2 Å². The zero-order valence-electron chi connectivity index (χ0n) is 12.2. The maximum atomic E-state index is 6.28. The fourth-order valence-electron chi connectivity index (χ4n) is 1.68. The minimum absolute atomic E-state index is 0.00492. The molecule has 1 aromatic carbocycles.